The fourth-order valence-corrected chi connectivity index (χ4v) is 3.59. The van der Waals surface area contributed by atoms with E-state index in [-0.39, 0.29) is 11.6 Å². The van der Waals surface area contributed by atoms with E-state index in [0.29, 0.717) is 0 Å². The Kier molecular flexibility index (Phi) is 5.67. The van der Waals surface area contributed by atoms with Gasteiger partial charge in [-0.15, -0.1) is 0 Å². The summed E-state index contributed by atoms with van der Waals surface area (Å²) in [7, 11) is 0. The van der Waals surface area contributed by atoms with Gasteiger partial charge in [0.2, 0.25) is 0 Å². The SMILES string of the molecule is CCCc1c(CC)nc(C)n(C(c2ccccc2)c2ccccc2)c1=O. The van der Waals surface area contributed by atoms with E-state index in [1.807, 2.05) is 47.9 Å². The van der Waals surface area contributed by atoms with Crippen molar-refractivity contribution in [2.24, 2.45) is 0 Å². The molecule has 0 atom stereocenters. The summed E-state index contributed by atoms with van der Waals surface area (Å²) in [5.41, 5.74) is 4.08. The quantitative estimate of drug-likeness (QED) is 0.648. The first-order valence-electron chi connectivity index (χ1n) is 9.38. The number of aryl methyl sites for hydroxylation is 2. The monoisotopic (exact) mass is 346 g/mol. The zero-order valence-corrected chi connectivity index (χ0v) is 15.8. The van der Waals surface area contributed by atoms with E-state index in [0.717, 1.165) is 47.5 Å². The lowest BCUT2D eigenvalue weighted by Crippen LogP contribution is -2.33. The fraction of sp³-hybridized carbons (Fsp3) is 0.304. The summed E-state index contributed by atoms with van der Waals surface area (Å²) in [6, 6.07) is 20.2. The van der Waals surface area contributed by atoms with Crippen LogP contribution in [-0.2, 0) is 12.8 Å². The molecular formula is C23H26N2O. The maximum absolute atomic E-state index is 13.5. The van der Waals surface area contributed by atoms with E-state index in [1.165, 1.54) is 0 Å². The molecule has 1 heterocycles. The topological polar surface area (TPSA) is 34.9 Å². The van der Waals surface area contributed by atoms with Gasteiger partial charge in [0.15, 0.2) is 0 Å². The predicted molar refractivity (Wildman–Crippen MR) is 107 cm³/mol. The molecule has 0 spiro atoms. The standard InChI is InChI=1S/C23H26N2O/c1-4-12-20-21(5-2)24-17(3)25(23(20)26)22(18-13-8-6-9-14-18)19-15-10-7-11-16-19/h6-11,13-16,22H,4-5,12H2,1-3H3. The maximum atomic E-state index is 13.5. The lowest BCUT2D eigenvalue weighted by molar-refractivity contribution is 0.594. The number of rotatable bonds is 6. The molecule has 0 aliphatic rings. The highest BCUT2D eigenvalue weighted by atomic mass is 16.1. The molecule has 0 radical (unpaired) electrons. The van der Waals surface area contributed by atoms with Crippen LogP contribution in [0.3, 0.4) is 0 Å². The molecule has 0 saturated heterocycles. The molecule has 0 aliphatic heterocycles. The van der Waals surface area contributed by atoms with Gasteiger partial charge in [-0.3, -0.25) is 9.36 Å². The highest BCUT2D eigenvalue weighted by Crippen LogP contribution is 2.26. The Labute approximate surface area is 155 Å². The highest BCUT2D eigenvalue weighted by molar-refractivity contribution is 5.34. The fourth-order valence-electron chi connectivity index (χ4n) is 3.59. The lowest BCUT2D eigenvalue weighted by atomic mass is 9.97. The van der Waals surface area contributed by atoms with E-state index in [9.17, 15) is 4.79 Å². The van der Waals surface area contributed by atoms with E-state index in [1.54, 1.807) is 0 Å². The molecule has 134 valence electrons. The highest BCUT2D eigenvalue weighted by Gasteiger charge is 2.22. The van der Waals surface area contributed by atoms with Crippen molar-refractivity contribution < 1.29 is 0 Å². The van der Waals surface area contributed by atoms with Gasteiger partial charge < -0.3 is 0 Å². The molecule has 3 heteroatoms. The molecule has 3 aromatic rings. The number of hydrogen-bond donors (Lipinski definition) is 0. The number of aromatic nitrogens is 2. The van der Waals surface area contributed by atoms with Crippen molar-refractivity contribution in [2.75, 3.05) is 0 Å². The minimum atomic E-state index is -0.168. The van der Waals surface area contributed by atoms with Crippen LogP contribution >= 0.6 is 0 Å². The van der Waals surface area contributed by atoms with Crippen LogP contribution in [0.5, 0.6) is 0 Å². The molecule has 2 aromatic carbocycles. The summed E-state index contributed by atoms with van der Waals surface area (Å²) in [5, 5.41) is 0. The molecule has 0 bridgehead atoms. The summed E-state index contributed by atoms with van der Waals surface area (Å²) >= 11 is 0. The van der Waals surface area contributed by atoms with Gasteiger partial charge in [0, 0.05) is 5.56 Å². The molecule has 3 nitrogen and oxygen atoms in total. The Hall–Kier alpha value is -2.68. The molecule has 0 saturated carbocycles. The smallest absolute Gasteiger partial charge is 0.257 e. The largest absolute Gasteiger partial charge is 0.285 e. The van der Waals surface area contributed by atoms with Gasteiger partial charge >= 0.3 is 0 Å². The Morgan fingerprint density at radius 1 is 0.923 bits per heavy atom. The van der Waals surface area contributed by atoms with Crippen molar-refractivity contribution in [1.29, 1.82) is 0 Å². The van der Waals surface area contributed by atoms with E-state index in [2.05, 4.69) is 38.1 Å². The van der Waals surface area contributed by atoms with Gasteiger partial charge in [0.05, 0.1) is 11.7 Å². The second-order valence-corrected chi connectivity index (χ2v) is 6.59. The van der Waals surface area contributed by atoms with Gasteiger partial charge in [0.1, 0.15) is 5.82 Å². The molecule has 0 unspecified atom stereocenters. The second kappa shape index (κ2) is 8.13. The molecule has 1 aromatic heterocycles. The van der Waals surface area contributed by atoms with Gasteiger partial charge in [-0.25, -0.2) is 4.98 Å². The zero-order chi connectivity index (χ0) is 18.5. The summed E-state index contributed by atoms with van der Waals surface area (Å²) in [6.07, 6.45) is 2.49. The first-order chi connectivity index (χ1) is 12.7. The molecule has 26 heavy (non-hydrogen) atoms. The maximum Gasteiger partial charge on any atom is 0.257 e. The van der Waals surface area contributed by atoms with Crippen LogP contribution in [0.4, 0.5) is 0 Å². The number of hydrogen-bond acceptors (Lipinski definition) is 2. The summed E-state index contributed by atoms with van der Waals surface area (Å²) < 4.78 is 1.87. The van der Waals surface area contributed by atoms with Crippen molar-refractivity contribution in [3.63, 3.8) is 0 Å². The first kappa shape index (κ1) is 18.1. The second-order valence-electron chi connectivity index (χ2n) is 6.59. The van der Waals surface area contributed by atoms with E-state index >= 15 is 0 Å². The molecule has 0 N–H and O–H groups in total. The third-order valence-electron chi connectivity index (χ3n) is 4.79. The van der Waals surface area contributed by atoms with Crippen LogP contribution in [0, 0.1) is 6.92 Å². The van der Waals surface area contributed by atoms with Crippen LogP contribution in [0.25, 0.3) is 0 Å². The minimum absolute atomic E-state index is 0.0916. The van der Waals surface area contributed by atoms with Crippen LogP contribution < -0.4 is 5.56 Å². The van der Waals surface area contributed by atoms with Crippen LogP contribution in [0.2, 0.25) is 0 Å². The van der Waals surface area contributed by atoms with Crippen molar-refractivity contribution in [1.82, 2.24) is 9.55 Å². The molecule has 0 aliphatic carbocycles. The van der Waals surface area contributed by atoms with Crippen molar-refractivity contribution >= 4 is 0 Å². The lowest BCUT2D eigenvalue weighted by Gasteiger charge is -2.24. The average Bonchev–Trinajstić information content (AvgIpc) is 2.68. The minimum Gasteiger partial charge on any atom is -0.285 e. The Balaban J connectivity index is 2.29. The Morgan fingerprint density at radius 3 is 1.92 bits per heavy atom. The van der Waals surface area contributed by atoms with E-state index in [4.69, 9.17) is 4.98 Å². The summed E-state index contributed by atoms with van der Waals surface area (Å²) in [6.45, 7) is 6.11. The molecule has 3 rings (SSSR count). The average molecular weight is 346 g/mol. The van der Waals surface area contributed by atoms with Gasteiger partial charge in [-0.2, -0.15) is 0 Å². The van der Waals surface area contributed by atoms with Crippen molar-refractivity contribution in [2.45, 2.75) is 46.1 Å². The van der Waals surface area contributed by atoms with Crippen LogP contribution in [0.1, 0.15) is 54.5 Å². The number of benzene rings is 2. The molecular weight excluding hydrogens is 320 g/mol. The molecule has 0 fully saturated rings. The zero-order valence-electron chi connectivity index (χ0n) is 15.8. The van der Waals surface area contributed by atoms with Crippen LogP contribution in [-0.4, -0.2) is 9.55 Å². The third kappa shape index (κ3) is 3.48. The normalized spacial score (nSPS) is 11.1. The predicted octanol–water partition coefficient (Wildman–Crippen LogP) is 4.70. The third-order valence-corrected chi connectivity index (χ3v) is 4.79. The van der Waals surface area contributed by atoms with Crippen LogP contribution in [0.15, 0.2) is 65.5 Å². The van der Waals surface area contributed by atoms with E-state index < -0.39 is 0 Å². The van der Waals surface area contributed by atoms with Crippen molar-refractivity contribution in [3.05, 3.63) is 99.2 Å². The first-order valence-corrected chi connectivity index (χ1v) is 9.38. The van der Waals surface area contributed by atoms with Gasteiger partial charge in [-0.1, -0.05) is 80.9 Å². The Bertz CT molecular complexity index is 875. The number of nitrogens with zero attached hydrogens (tertiary/aromatic N) is 2. The van der Waals surface area contributed by atoms with Crippen molar-refractivity contribution in [3.8, 4) is 0 Å². The molecule has 0 amide bonds. The van der Waals surface area contributed by atoms with Gasteiger partial charge in [-0.05, 0) is 30.9 Å². The Morgan fingerprint density at radius 2 is 1.46 bits per heavy atom. The summed E-state index contributed by atoms with van der Waals surface area (Å²) in [4.78, 5) is 18.3. The summed E-state index contributed by atoms with van der Waals surface area (Å²) in [5.74, 6) is 0.768. The van der Waals surface area contributed by atoms with Gasteiger partial charge in [0.25, 0.3) is 5.56 Å².